The van der Waals surface area contributed by atoms with Gasteiger partial charge in [0.2, 0.25) is 0 Å². The molecular weight excluding hydrogens is 135 g/mol. The minimum atomic E-state index is -0.332. The van der Waals surface area contributed by atoms with Crippen LogP contribution < -0.4 is 0 Å². The first-order valence-corrected chi connectivity index (χ1v) is 3.43. The fourth-order valence-corrected chi connectivity index (χ4v) is 0.623. The molecule has 0 heterocycles. The minimum Gasteiger partial charge on any atom is -0.451 e. The van der Waals surface area contributed by atoms with Crippen LogP contribution in [0.2, 0.25) is 0 Å². The Balaban J connectivity index is 3.97. The van der Waals surface area contributed by atoms with Gasteiger partial charge in [0.05, 0.1) is 14.9 Å². The van der Waals surface area contributed by atoms with E-state index in [0.29, 0.717) is 0 Å². The first-order valence-electron chi connectivity index (χ1n) is 2.95. The van der Waals surface area contributed by atoms with Crippen molar-refractivity contribution in [2.45, 2.75) is 27.2 Å². The zero-order chi connectivity index (χ0) is 7.49. The molecule has 9 heavy (non-hydrogen) atoms. The number of hydrogen-bond donors (Lipinski definition) is 0. The van der Waals surface area contributed by atoms with Gasteiger partial charge < -0.3 is 4.52 Å². The predicted octanol–water partition coefficient (Wildman–Crippen LogP) is 1.76. The van der Waals surface area contributed by atoms with Gasteiger partial charge in [0, 0.05) is 0 Å². The normalized spacial score (nSPS) is 11.1. The van der Waals surface area contributed by atoms with Crippen molar-refractivity contribution in [2.75, 3.05) is 0 Å². The van der Waals surface area contributed by atoms with E-state index in [1.54, 1.807) is 0 Å². The molecule has 1 unspecified atom stereocenters. The van der Waals surface area contributed by atoms with Crippen LogP contribution in [0.1, 0.15) is 27.2 Å². The van der Waals surface area contributed by atoms with E-state index in [0.717, 1.165) is 6.42 Å². The molecule has 0 bridgehead atoms. The molecule has 0 aromatic rings. The zero-order valence-corrected chi connectivity index (χ0v) is 7.26. The maximum atomic E-state index is 10.8. The van der Waals surface area contributed by atoms with Crippen LogP contribution in [0.3, 0.4) is 0 Å². The highest BCUT2D eigenvalue weighted by molar-refractivity contribution is 7.10. The molecule has 0 aliphatic heterocycles. The van der Waals surface area contributed by atoms with Crippen LogP contribution in [-0.4, -0.2) is 5.97 Å². The molecular formula is C6H13O2P. The minimum absolute atomic E-state index is 0.171. The van der Waals surface area contributed by atoms with Gasteiger partial charge in [-0.2, -0.15) is 0 Å². The Labute approximate surface area is 58.3 Å². The van der Waals surface area contributed by atoms with Gasteiger partial charge in [0.1, 0.15) is 0 Å². The summed E-state index contributed by atoms with van der Waals surface area (Å²) in [4.78, 5) is 10.8. The fourth-order valence-electron chi connectivity index (χ4n) is 0.304. The summed E-state index contributed by atoms with van der Waals surface area (Å²) in [5, 5.41) is 0. The summed E-state index contributed by atoms with van der Waals surface area (Å²) < 4.78 is 4.48. The van der Waals surface area contributed by atoms with Gasteiger partial charge in [-0.3, -0.25) is 4.79 Å². The van der Waals surface area contributed by atoms with Gasteiger partial charge in [-0.1, -0.05) is 6.92 Å². The molecule has 0 aromatic heterocycles. The van der Waals surface area contributed by atoms with Gasteiger partial charge in [0.25, 0.3) is 0 Å². The van der Waals surface area contributed by atoms with Crippen LogP contribution in [0.4, 0.5) is 0 Å². The number of rotatable bonds is 2. The fraction of sp³-hybridized carbons (Fsp3) is 0.833. The van der Waals surface area contributed by atoms with Crippen molar-refractivity contribution in [1.82, 2.24) is 0 Å². The zero-order valence-electron chi connectivity index (χ0n) is 6.10. The molecule has 3 heteroatoms. The van der Waals surface area contributed by atoms with E-state index in [1.807, 2.05) is 30.2 Å². The quantitative estimate of drug-likeness (QED) is 0.557. The molecule has 0 saturated heterocycles. The van der Waals surface area contributed by atoms with Crippen LogP contribution in [0.5, 0.6) is 0 Å². The summed E-state index contributed by atoms with van der Waals surface area (Å²) in [5.41, 5.74) is -0.332. The monoisotopic (exact) mass is 148 g/mol. The third-order valence-electron chi connectivity index (χ3n) is 1.54. The topological polar surface area (TPSA) is 26.3 Å². The Kier molecular flexibility index (Phi) is 3.13. The van der Waals surface area contributed by atoms with Crippen molar-refractivity contribution < 1.29 is 9.32 Å². The summed E-state index contributed by atoms with van der Waals surface area (Å²) in [6, 6.07) is 0. The van der Waals surface area contributed by atoms with E-state index in [-0.39, 0.29) is 11.4 Å². The molecule has 0 spiro atoms. The average molecular weight is 148 g/mol. The van der Waals surface area contributed by atoms with Crippen LogP contribution in [0.25, 0.3) is 0 Å². The lowest BCUT2D eigenvalue weighted by Gasteiger charge is -2.17. The molecule has 0 saturated carbocycles. The molecule has 0 aromatic carbocycles. The highest BCUT2D eigenvalue weighted by atomic mass is 31.0. The van der Waals surface area contributed by atoms with Gasteiger partial charge in [0.15, 0.2) is 0 Å². The van der Waals surface area contributed by atoms with Crippen molar-refractivity contribution in [1.29, 1.82) is 0 Å². The summed E-state index contributed by atoms with van der Waals surface area (Å²) in [6.07, 6.45) is 0.806. The van der Waals surface area contributed by atoms with Crippen LogP contribution >= 0.6 is 9.47 Å². The van der Waals surface area contributed by atoms with Gasteiger partial charge in [-0.05, 0) is 20.3 Å². The van der Waals surface area contributed by atoms with E-state index < -0.39 is 0 Å². The van der Waals surface area contributed by atoms with Crippen LogP contribution in [0.15, 0.2) is 0 Å². The van der Waals surface area contributed by atoms with Gasteiger partial charge in [-0.25, -0.2) is 0 Å². The predicted molar refractivity (Wildman–Crippen MR) is 39.9 cm³/mol. The molecule has 54 valence electrons. The van der Waals surface area contributed by atoms with E-state index >= 15 is 0 Å². The Hall–Kier alpha value is -0.100. The Morgan fingerprint density at radius 2 is 2.11 bits per heavy atom. The van der Waals surface area contributed by atoms with E-state index in [4.69, 9.17) is 0 Å². The summed E-state index contributed by atoms with van der Waals surface area (Å²) in [6.45, 7) is 5.68. The Morgan fingerprint density at radius 3 is 2.22 bits per heavy atom. The first-order chi connectivity index (χ1) is 4.04. The van der Waals surface area contributed by atoms with Crippen molar-refractivity contribution in [3.8, 4) is 0 Å². The third kappa shape index (κ3) is 2.31. The number of carbonyl (C=O) groups is 1. The van der Waals surface area contributed by atoms with Crippen molar-refractivity contribution in [2.24, 2.45) is 5.41 Å². The van der Waals surface area contributed by atoms with Gasteiger partial charge >= 0.3 is 5.97 Å². The van der Waals surface area contributed by atoms with Crippen molar-refractivity contribution >= 4 is 15.4 Å². The van der Waals surface area contributed by atoms with Crippen molar-refractivity contribution in [3.63, 3.8) is 0 Å². The molecule has 0 amide bonds. The summed E-state index contributed by atoms with van der Waals surface area (Å²) >= 11 is 0. The molecule has 2 nitrogen and oxygen atoms in total. The highest BCUT2D eigenvalue weighted by Crippen LogP contribution is 2.22. The SMILES string of the molecule is CCC(C)(C)C(=O)OP. The summed E-state index contributed by atoms with van der Waals surface area (Å²) in [7, 11) is 1.96. The lowest BCUT2D eigenvalue weighted by Crippen LogP contribution is -2.22. The molecule has 0 N–H and O–H groups in total. The molecule has 0 fully saturated rings. The second-order valence-corrected chi connectivity index (χ2v) is 2.88. The van der Waals surface area contributed by atoms with Crippen LogP contribution in [-0.2, 0) is 9.32 Å². The molecule has 1 atom stereocenters. The Morgan fingerprint density at radius 1 is 1.67 bits per heavy atom. The number of carbonyl (C=O) groups excluding carboxylic acids is 1. The van der Waals surface area contributed by atoms with Gasteiger partial charge in [-0.15, -0.1) is 0 Å². The molecule has 0 aliphatic rings. The molecule has 0 aliphatic carbocycles. The largest absolute Gasteiger partial charge is 0.451 e. The Bertz CT molecular complexity index is 110. The summed E-state index contributed by atoms with van der Waals surface area (Å²) in [5.74, 6) is -0.171. The smallest absolute Gasteiger partial charge is 0.313 e. The lowest BCUT2D eigenvalue weighted by atomic mass is 9.91. The van der Waals surface area contributed by atoms with Crippen molar-refractivity contribution in [3.05, 3.63) is 0 Å². The second-order valence-electron chi connectivity index (χ2n) is 2.64. The maximum Gasteiger partial charge on any atom is 0.313 e. The molecule has 0 rings (SSSR count). The molecule has 0 radical (unpaired) electrons. The van der Waals surface area contributed by atoms with E-state index in [9.17, 15) is 4.79 Å². The average Bonchev–Trinajstić information content (AvgIpc) is 1.86. The highest BCUT2D eigenvalue weighted by Gasteiger charge is 2.25. The second kappa shape index (κ2) is 3.17. The van der Waals surface area contributed by atoms with Crippen LogP contribution in [0, 0.1) is 5.41 Å². The van der Waals surface area contributed by atoms with E-state index in [1.165, 1.54) is 0 Å². The number of hydrogen-bond acceptors (Lipinski definition) is 2. The van der Waals surface area contributed by atoms with E-state index in [2.05, 4.69) is 4.52 Å². The lowest BCUT2D eigenvalue weighted by molar-refractivity contribution is -0.142. The first kappa shape index (κ1) is 8.90. The maximum absolute atomic E-state index is 10.8. The third-order valence-corrected chi connectivity index (χ3v) is 1.76. The standard InChI is InChI=1S/C6H13O2P/c1-4-6(2,3)5(7)8-9/h4,9H2,1-3H3.